The molecule has 2 N–H and O–H groups in total. The third kappa shape index (κ3) is 6.84. The summed E-state index contributed by atoms with van der Waals surface area (Å²) in [5.41, 5.74) is -0.312. The lowest BCUT2D eigenvalue weighted by atomic mass is 9.88. The number of phenols is 1. The van der Waals surface area contributed by atoms with Gasteiger partial charge in [-0.1, -0.05) is 44.7 Å². The first-order chi connectivity index (χ1) is 21.5. The Kier molecular flexibility index (Phi) is 8.58. The van der Waals surface area contributed by atoms with E-state index in [1.54, 1.807) is 20.8 Å². The van der Waals surface area contributed by atoms with Crippen molar-refractivity contribution in [1.29, 1.82) is 0 Å². The molecule has 13 heteroatoms. The fraction of sp³-hybridized carbons (Fsp3) is 0.303. The van der Waals surface area contributed by atoms with Gasteiger partial charge in [-0.2, -0.15) is 0 Å². The zero-order valence-electron chi connectivity index (χ0n) is 25.2. The number of halogens is 4. The zero-order chi connectivity index (χ0) is 33.6. The number of para-hydroxylation sites is 2. The summed E-state index contributed by atoms with van der Waals surface area (Å²) in [4.78, 5) is 15.1. The minimum Gasteiger partial charge on any atom is -0.506 e. The van der Waals surface area contributed by atoms with Crippen LogP contribution in [0.4, 0.5) is 28.9 Å². The molecule has 46 heavy (non-hydrogen) atoms. The highest BCUT2D eigenvalue weighted by molar-refractivity contribution is 7.95. The minimum atomic E-state index is -5.05. The second-order valence-electron chi connectivity index (χ2n) is 12.2. The first kappa shape index (κ1) is 32.9. The highest BCUT2D eigenvalue weighted by Gasteiger charge is 2.48. The van der Waals surface area contributed by atoms with E-state index in [0.29, 0.717) is 5.57 Å². The van der Waals surface area contributed by atoms with Gasteiger partial charge in [-0.25, -0.2) is 12.8 Å². The number of hydrogen-bond donors (Lipinski definition) is 2. The van der Waals surface area contributed by atoms with Crippen LogP contribution in [0.1, 0.15) is 44.4 Å². The van der Waals surface area contributed by atoms with Crippen LogP contribution in [0.15, 0.2) is 83.4 Å². The number of nitrogens with one attached hydrogen (secondary N) is 1. The number of anilines is 2. The Morgan fingerprint density at radius 3 is 2.52 bits per heavy atom. The SMILES string of the molecule is C=C(C)COc1ccc([C@H]2C3=C(CC(C)(C)CS3(=O)=O)Nc3c(O)cccc3N2C(=O)Cc2ccccc2OC(F)(F)F)c(F)c1. The van der Waals surface area contributed by atoms with E-state index in [9.17, 15) is 31.5 Å². The van der Waals surface area contributed by atoms with Crippen molar-refractivity contribution in [3.8, 4) is 17.2 Å². The number of sulfone groups is 1. The van der Waals surface area contributed by atoms with E-state index in [0.717, 1.165) is 17.0 Å². The molecule has 0 aliphatic carbocycles. The Bertz CT molecular complexity index is 1850. The van der Waals surface area contributed by atoms with Gasteiger partial charge in [-0.15, -0.1) is 13.2 Å². The van der Waals surface area contributed by atoms with Crippen LogP contribution in [-0.2, 0) is 21.1 Å². The van der Waals surface area contributed by atoms with Crippen LogP contribution >= 0.6 is 0 Å². The lowest BCUT2D eigenvalue weighted by Gasteiger charge is -2.37. The predicted molar refractivity (Wildman–Crippen MR) is 165 cm³/mol. The lowest BCUT2D eigenvalue weighted by Crippen LogP contribution is -2.42. The average Bonchev–Trinajstić information content (AvgIpc) is 3.07. The molecule has 0 aromatic heterocycles. The van der Waals surface area contributed by atoms with Crippen molar-refractivity contribution in [2.45, 2.75) is 46.0 Å². The Morgan fingerprint density at radius 1 is 1.13 bits per heavy atom. The molecule has 0 unspecified atom stereocenters. The molecule has 0 fully saturated rings. The molecule has 0 saturated heterocycles. The number of alkyl halides is 3. The second-order valence-corrected chi connectivity index (χ2v) is 14.1. The fourth-order valence-corrected chi connectivity index (χ4v) is 8.17. The van der Waals surface area contributed by atoms with Gasteiger partial charge in [0, 0.05) is 22.9 Å². The molecule has 0 radical (unpaired) electrons. The fourth-order valence-electron chi connectivity index (χ4n) is 5.81. The van der Waals surface area contributed by atoms with Gasteiger partial charge in [0.15, 0.2) is 9.84 Å². The number of hydrogen-bond acceptors (Lipinski definition) is 7. The van der Waals surface area contributed by atoms with Crippen molar-refractivity contribution in [2.24, 2.45) is 5.41 Å². The van der Waals surface area contributed by atoms with Crippen LogP contribution in [0.2, 0.25) is 0 Å². The third-order valence-corrected chi connectivity index (χ3v) is 9.79. The molecule has 5 rings (SSSR count). The molecule has 1 atom stereocenters. The number of phenolic OH excluding ortho intramolecular Hbond substituents is 1. The summed E-state index contributed by atoms with van der Waals surface area (Å²) in [6.07, 6.45) is -5.57. The quantitative estimate of drug-likeness (QED) is 0.157. The first-order valence-electron chi connectivity index (χ1n) is 14.2. The Labute approximate surface area is 263 Å². The van der Waals surface area contributed by atoms with Crippen molar-refractivity contribution in [3.63, 3.8) is 0 Å². The standard InChI is InChI=1S/C33H32F4N2O6S/c1-19(2)17-44-21-12-13-22(23(34)15-21)30-31-24(16-32(3,4)18-46(31,42)43)38-29-25(9-7-10-26(29)40)39(30)28(41)14-20-8-5-6-11-27(20)45-33(35,36)37/h5-13,15,30,38,40H,1,14,16-18H2,2-4H3/t30-/m0/s1. The molecule has 0 saturated carbocycles. The highest BCUT2D eigenvalue weighted by Crippen LogP contribution is 2.52. The van der Waals surface area contributed by atoms with Gasteiger partial charge >= 0.3 is 6.36 Å². The number of fused-ring (bicyclic) bond motifs is 1. The summed E-state index contributed by atoms with van der Waals surface area (Å²) < 4.78 is 93.7. The van der Waals surface area contributed by atoms with Crippen LogP contribution in [0, 0.1) is 11.2 Å². The first-order valence-corrected chi connectivity index (χ1v) is 15.9. The van der Waals surface area contributed by atoms with Crippen molar-refractivity contribution in [1.82, 2.24) is 0 Å². The second kappa shape index (κ2) is 12.0. The number of carbonyl (C=O) groups excluding carboxylic acids is 1. The summed E-state index contributed by atoms with van der Waals surface area (Å²) >= 11 is 0. The molecule has 3 aromatic carbocycles. The van der Waals surface area contributed by atoms with E-state index >= 15 is 4.39 Å². The van der Waals surface area contributed by atoms with Crippen LogP contribution in [-0.4, -0.2) is 38.2 Å². The molecule has 0 spiro atoms. The number of carbonyl (C=O) groups is 1. The molecule has 2 aliphatic rings. The smallest absolute Gasteiger partial charge is 0.506 e. The number of amides is 1. The van der Waals surface area contributed by atoms with Crippen LogP contribution in [0.5, 0.6) is 17.2 Å². The molecular weight excluding hydrogens is 628 g/mol. The number of ether oxygens (including phenoxy) is 2. The van der Waals surface area contributed by atoms with E-state index < -0.39 is 51.6 Å². The minimum absolute atomic E-state index is 0.00589. The summed E-state index contributed by atoms with van der Waals surface area (Å²) in [7, 11) is -4.20. The van der Waals surface area contributed by atoms with Gasteiger partial charge < -0.3 is 19.9 Å². The van der Waals surface area contributed by atoms with E-state index in [-0.39, 0.29) is 63.4 Å². The normalized spacial score (nSPS) is 18.5. The van der Waals surface area contributed by atoms with Crippen molar-refractivity contribution >= 4 is 27.1 Å². The molecule has 2 heterocycles. The van der Waals surface area contributed by atoms with Gasteiger partial charge in [0.25, 0.3) is 0 Å². The van der Waals surface area contributed by atoms with E-state index in [2.05, 4.69) is 16.6 Å². The van der Waals surface area contributed by atoms with Crippen molar-refractivity contribution in [2.75, 3.05) is 22.6 Å². The van der Waals surface area contributed by atoms with Crippen LogP contribution < -0.4 is 19.7 Å². The molecule has 3 aromatic rings. The monoisotopic (exact) mass is 660 g/mol. The number of rotatable bonds is 7. The molecule has 0 bridgehead atoms. The lowest BCUT2D eigenvalue weighted by molar-refractivity contribution is -0.274. The summed E-state index contributed by atoms with van der Waals surface area (Å²) in [5, 5.41) is 14.0. The molecule has 2 aliphatic heterocycles. The van der Waals surface area contributed by atoms with Crippen LogP contribution in [0.3, 0.4) is 0 Å². The van der Waals surface area contributed by atoms with Gasteiger partial charge in [-0.3, -0.25) is 9.69 Å². The Balaban J connectivity index is 1.74. The summed E-state index contributed by atoms with van der Waals surface area (Å²) in [6, 6.07) is 11.4. The number of aromatic hydroxyl groups is 1. The predicted octanol–water partition coefficient (Wildman–Crippen LogP) is 7.18. The van der Waals surface area contributed by atoms with E-state index in [1.807, 2.05) is 0 Å². The largest absolute Gasteiger partial charge is 0.573 e. The molecule has 8 nitrogen and oxygen atoms in total. The maximum atomic E-state index is 16.2. The van der Waals surface area contributed by atoms with Gasteiger partial charge in [-0.05, 0) is 54.7 Å². The zero-order valence-corrected chi connectivity index (χ0v) is 26.1. The number of benzene rings is 3. The highest BCUT2D eigenvalue weighted by atomic mass is 32.2. The molecular formula is C33H32F4N2O6S. The van der Waals surface area contributed by atoms with Crippen molar-refractivity contribution < 1.29 is 45.4 Å². The van der Waals surface area contributed by atoms with Gasteiger partial charge in [0.05, 0.1) is 22.8 Å². The molecule has 1 amide bonds. The maximum absolute atomic E-state index is 16.2. The maximum Gasteiger partial charge on any atom is 0.573 e. The summed E-state index contributed by atoms with van der Waals surface area (Å²) in [5.74, 6) is -2.92. The van der Waals surface area contributed by atoms with Gasteiger partial charge in [0.1, 0.15) is 41.4 Å². The third-order valence-electron chi connectivity index (χ3n) is 7.49. The molecule has 244 valence electrons. The Morgan fingerprint density at radius 2 is 1.85 bits per heavy atom. The number of nitrogens with zero attached hydrogens (tertiary/aromatic N) is 1. The average molecular weight is 661 g/mol. The van der Waals surface area contributed by atoms with Crippen LogP contribution in [0.25, 0.3) is 0 Å². The van der Waals surface area contributed by atoms with E-state index in [4.69, 9.17) is 4.74 Å². The topological polar surface area (TPSA) is 105 Å². The number of allylic oxidation sites excluding steroid dienone is 1. The summed E-state index contributed by atoms with van der Waals surface area (Å²) in [6.45, 7) is 9.07. The van der Waals surface area contributed by atoms with E-state index in [1.165, 1.54) is 48.5 Å². The van der Waals surface area contributed by atoms with Gasteiger partial charge in [0.2, 0.25) is 5.91 Å². The van der Waals surface area contributed by atoms with Crippen molar-refractivity contribution in [3.05, 3.63) is 100 Å². The Hall–Kier alpha value is -4.52.